The lowest BCUT2D eigenvalue weighted by Gasteiger charge is -2.34. The number of fused-ring (bicyclic) bond motifs is 2. The number of aromatic nitrogens is 2. The van der Waals surface area contributed by atoms with Gasteiger partial charge in [-0.1, -0.05) is 30.3 Å². The zero-order valence-corrected chi connectivity index (χ0v) is 12.6. The van der Waals surface area contributed by atoms with Gasteiger partial charge in [-0.05, 0) is 13.5 Å². The molecule has 0 saturated carbocycles. The molecule has 1 aromatic heterocycles. The molecule has 0 radical (unpaired) electrons. The number of nitrogens with zero attached hydrogens (tertiary/aromatic N) is 4. The molecule has 2 atom stereocenters. The first-order valence-corrected chi connectivity index (χ1v) is 7.59. The fourth-order valence-corrected chi connectivity index (χ4v) is 3.71. The van der Waals surface area contributed by atoms with Gasteiger partial charge < -0.3 is 16.4 Å². The van der Waals surface area contributed by atoms with Crippen molar-refractivity contribution in [3.63, 3.8) is 0 Å². The van der Waals surface area contributed by atoms with Crippen LogP contribution >= 0.6 is 0 Å². The van der Waals surface area contributed by atoms with E-state index in [0.717, 1.165) is 30.0 Å². The molecular formula is C16H20N6. The van der Waals surface area contributed by atoms with Crippen LogP contribution in [-0.4, -0.2) is 47.1 Å². The van der Waals surface area contributed by atoms with Crippen molar-refractivity contribution in [2.45, 2.75) is 18.5 Å². The van der Waals surface area contributed by atoms with Gasteiger partial charge in [0.05, 0.1) is 0 Å². The number of likely N-dealkylation sites (N-methyl/N-ethyl adjacent to an activating group) is 1. The largest absolute Gasteiger partial charge is 0.382 e. The highest BCUT2D eigenvalue weighted by molar-refractivity contribution is 5.84. The zero-order chi connectivity index (χ0) is 15.3. The molecule has 2 aromatic rings. The highest BCUT2D eigenvalue weighted by Crippen LogP contribution is 2.41. The number of rotatable bonds is 2. The quantitative estimate of drug-likeness (QED) is 0.866. The molecule has 2 saturated heterocycles. The molecule has 2 aliphatic heterocycles. The van der Waals surface area contributed by atoms with Gasteiger partial charge in [0.2, 0.25) is 5.95 Å². The molecule has 6 heteroatoms. The van der Waals surface area contributed by atoms with Crippen LogP contribution in [0.4, 0.5) is 17.5 Å². The maximum atomic E-state index is 6.22. The van der Waals surface area contributed by atoms with Crippen LogP contribution in [0.2, 0.25) is 0 Å². The fraction of sp³-hybridized carbons (Fsp3) is 0.375. The number of nitrogens with two attached hydrogens (primary N) is 2. The second-order valence-corrected chi connectivity index (χ2v) is 6.17. The SMILES string of the molecule is CN1CC2CC1CN2c1c(N)nc(N)nc1-c1ccccc1. The van der Waals surface area contributed by atoms with Crippen LogP contribution in [0.25, 0.3) is 11.3 Å². The summed E-state index contributed by atoms with van der Waals surface area (Å²) in [5.41, 5.74) is 14.8. The maximum Gasteiger partial charge on any atom is 0.222 e. The third-order valence-corrected chi connectivity index (χ3v) is 4.78. The van der Waals surface area contributed by atoms with Crippen LogP contribution in [0.3, 0.4) is 0 Å². The smallest absolute Gasteiger partial charge is 0.222 e. The molecule has 2 unspecified atom stereocenters. The summed E-state index contributed by atoms with van der Waals surface area (Å²) in [5.74, 6) is 0.697. The first kappa shape index (κ1) is 13.3. The Morgan fingerprint density at radius 1 is 1.05 bits per heavy atom. The number of hydrogen-bond donors (Lipinski definition) is 2. The Bertz CT molecular complexity index is 699. The molecule has 2 fully saturated rings. The lowest BCUT2D eigenvalue weighted by Crippen LogP contribution is -2.45. The molecule has 22 heavy (non-hydrogen) atoms. The summed E-state index contributed by atoms with van der Waals surface area (Å²) in [6, 6.07) is 11.1. The lowest BCUT2D eigenvalue weighted by molar-refractivity contribution is 0.293. The van der Waals surface area contributed by atoms with E-state index in [0.29, 0.717) is 17.9 Å². The lowest BCUT2D eigenvalue weighted by atomic mass is 10.1. The highest BCUT2D eigenvalue weighted by atomic mass is 15.4. The molecule has 2 aliphatic rings. The van der Waals surface area contributed by atoms with Gasteiger partial charge in [-0.2, -0.15) is 4.98 Å². The van der Waals surface area contributed by atoms with Crippen LogP contribution in [0.1, 0.15) is 6.42 Å². The van der Waals surface area contributed by atoms with E-state index in [-0.39, 0.29) is 5.95 Å². The Morgan fingerprint density at radius 3 is 2.45 bits per heavy atom. The second-order valence-electron chi connectivity index (χ2n) is 6.17. The summed E-state index contributed by atoms with van der Waals surface area (Å²) in [4.78, 5) is 13.5. The van der Waals surface area contributed by atoms with Crippen molar-refractivity contribution >= 4 is 17.5 Å². The van der Waals surface area contributed by atoms with E-state index in [4.69, 9.17) is 11.5 Å². The molecule has 3 heterocycles. The molecular weight excluding hydrogens is 276 g/mol. The number of hydrogen-bond acceptors (Lipinski definition) is 6. The minimum absolute atomic E-state index is 0.224. The van der Waals surface area contributed by atoms with Crippen LogP contribution < -0.4 is 16.4 Å². The maximum absolute atomic E-state index is 6.22. The minimum Gasteiger partial charge on any atom is -0.382 e. The fourth-order valence-electron chi connectivity index (χ4n) is 3.71. The standard InChI is InChI=1S/C16H20N6/c1-21-8-12-7-11(21)9-22(12)14-13(10-5-3-2-4-6-10)19-16(18)20-15(14)17/h2-6,11-12H,7-9H2,1H3,(H4,17,18,19,20). The van der Waals surface area contributed by atoms with Gasteiger partial charge in [0.25, 0.3) is 0 Å². The van der Waals surface area contributed by atoms with Crippen LogP contribution in [-0.2, 0) is 0 Å². The molecule has 1 aromatic carbocycles. The minimum atomic E-state index is 0.224. The van der Waals surface area contributed by atoms with E-state index in [1.54, 1.807) is 0 Å². The second kappa shape index (κ2) is 4.84. The summed E-state index contributed by atoms with van der Waals surface area (Å²) < 4.78 is 0. The van der Waals surface area contributed by atoms with Crippen LogP contribution in [0, 0.1) is 0 Å². The molecule has 0 aliphatic carbocycles. The Morgan fingerprint density at radius 2 is 1.82 bits per heavy atom. The van der Waals surface area contributed by atoms with E-state index in [9.17, 15) is 0 Å². The van der Waals surface area contributed by atoms with E-state index >= 15 is 0 Å². The number of likely N-dealkylation sites (tertiary alicyclic amines) is 1. The first-order chi connectivity index (χ1) is 10.6. The van der Waals surface area contributed by atoms with Crippen molar-refractivity contribution in [2.75, 3.05) is 36.5 Å². The van der Waals surface area contributed by atoms with Crippen molar-refractivity contribution in [3.05, 3.63) is 30.3 Å². The molecule has 114 valence electrons. The summed E-state index contributed by atoms with van der Waals surface area (Å²) in [7, 11) is 2.18. The molecule has 0 spiro atoms. The van der Waals surface area contributed by atoms with E-state index in [1.165, 1.54) is 6.42 Å². The van der Waals surface area contributed by atoms with E-state index in [2.05, 4.69) is 26.8 Å². The van der Waals surface area contributed by atoms with Crippen molar-refractivity contribution in [1.29, 1.82) is 0 Å². The third kappa shape index (κ3) is 1.99. The molecule has 4 N–H and O–H groups in total. The van der Waals surface area contributed by atoms with Gasteiger partial charge in [-0.3, -0.25) is 4.90 Å². The summed E-state index contributed by atoms with van der Waals surface area (Å²) in [6.45, 7) is 2.03. The Kier molecular flexibility index (Phi) is 2.94. The van der Waals surface area contributed by atoms with Gasteiger partial charge in [0.15, 0.2) is 5.82 Å². The van der Waals surface area contributed by atoms with Gasteiger partial charge in [-0.25, -0.2) is 4.98 Å². The van der Waals surface area contributed by atoms with Crippen molar-refractivity contribution in [2.24, 2.45) is 0 Å². The summed E-state index contributed by atoms with van der Waals surface area (Å²) in [5, 5.41) is 0. The molecule has 6 nitrogen and oxygen atoms in total. The monoisotopic (exact) mass is 296 g/mol. The number of nitrogen functional groups attached to an aromatic ring is 2. The topological polar surface area (TPSA) is 84.3 Å². The Labute approximate surface area is 129 Å². The normalized spacial score (nSPS) is 24.1. The first-order valence-electron chi connectivity index (χ1n) is 7.59. The number of anilines is 3. The highest BCUT2D eigenvalue weighted by Gasteiger charge is 2.43. The van der Waals surface area contributed by atoms with E-state index < -0.39 is 0 Å². The molecule has 2 bridgehead atoms. The Balaban J connectivity index is 1.83. The average Bonchev–Trinajstić information content (AvgIpc) is 3.06. The average molecular weight is 296 g/mol. The van der Waals surface area contributed by atoms with Crippen molar-refractivity contribution in [3.8, 4) is 11.3 Å². The Hall–Kier alpha value is -2.34. The van der Waals surface area contributed by atoms with E-state index in [1.807, 2.05) is 30.3 Å². The number of piperazine rings is 1. The zero-order valence-electron chi connectivity index (χ0n) is 12.6. The van der Waals surface area contributed by atoms with Gasteiger partial charge in [-0.15, -0.1) is 0 Å². The number of benzene rings is 1. The summed E-state index contributed by atoms with van der Waals surface area (Å²) >= 11 is 0. The summed E-state index contributed by atoms with van der Waals surface area (Å²) in [6.07, 6.45) is 1.18. The van der Waals surface area contributed by atoms with Crippen molar-refractivity contribution in [1.82, 2.24) is 14.9 Å². The third-order valence-electron chi connectivity index (χ3n) is 4.78. The van der Waals surface area contributed by atoms with Gasteiger partial charge in [0.1, 0.15) is 11.4 Å². The van der Waals surface area contributed by atoms with Crippen molar-refractivity contribution < 1.29 is 0 Å². The molecule has 0 amide bonds. The predicted molar refractivity (Wildman–Crippen MR) is 88.5 cm³/mol. The van der Waals surface area contributed by atoms with Gasteiger partial charge >= 0.3 is 0 Å². The van der Waals surface area contributed by atoms with Gasteiger partial charge in [0, 0.05) is 30.7 Å². The van der Waals surface area contributed by atoms with Crippen LogP contribution in [0.15, 0.2) is 30.3 Å². The predicted octanol–water partition coefficient (Wildman–Crippen LogP) is 1.20. The van der Waals surface area contributed by atoms with Crippen LogP contribution in [0.5, 0.6) is 0 Å². The molecule has 4 rings (SSSR count).